The number of benzene rings is 2. The number of hydrogen-bond acceptors (Lipinski definition) is 4. The molecular weight excluding hydrogens is 361 g/mol. The molecule has 0 atom stereocenters. The second kappa shape index (κ2) is 9.88. The number of ketones is 1. The summed E-state index contributed by atoms with van der Waals surface area (Å²) in [5, 5.41) is 2.81. The number of aryl methyl sites for hydroxylation is 1. The first kappa shape index (κ1) is 19.9. The minimum absolute atomic E-state index is 0.00393. The Kier molecular flexibility index (Phi) is 7.00. The third-order valence-electron chi connectivity index (χ3n) is 4.57. The average Bonchev–Trinajstić information content (AvgIpc) is 2.72. The number of nitrogens with one attached hydrogen (secondary N) is 1. The van der Waals surface area contributed by atoms with Gasteiger partial charge in [-0.05, 0) is 49.1 Å². The number of hydrogen-bond donors (Lipinski definition) is 1. The molecule has 1 N–H and O–H groups in total. The largest absolute Gasteiger partial charge is 0.486 e. The van der Waals surface area contributed by atoms with Gasteiger partial charge in [-0.1, -0.05) is 18.2 Å². The number of halogens is 1. The number of carbonyl (C=O) groups is 2. The SMILES string of the molecule is O=C(CCC(=O)c1ccccc1F)NCCCCc1ccc2c(c1)OCCO2. The number of fused-ring (bicyclic) bond motifs is 1. The number of amides is 1. The molecule has 1 aliphatic rings. The van der Waals surface area contributed by atoms with Crippen LogP contribution in [0.3, 0.4) is 0 Å². The van der Waals surface area contributed by atoms with E-state index in [9.17, 15) is 14.0 Å². The van der Waals surface area contributed by atoms with Crippen LogP contribution in [0, 0.1) is 5.82 Å². The molecule has 3 rings (SSSR count). The molecule has 0 saturated carbocycles. The van der Waals surface area contributed by atoms with Gasteiger partial charge in [0, 0.05) is 19.4 Å². The maximum Gasteiger partial charge on any atom is 0.220 e. The number of unbranched alkanes of at least 4 members (excludes halogenated alkanes) is 1. The standard InChI is InChI=1S/C22H24FNO4/c23-18-7-2-1-6-17(18)19(25)9-11-22(26)24-12-4-3-5-16-8-10-20-21(15-16)28-14-13-27-20/h1-2,6-8,10,15H,3-5,9,11-14H2,(H,24,26). The summed E-state index contributed by atoms with van der Waals surface area (Å²) >= 11 is 0. The van der Waals surface area contributed by atoms with Gasteiger partial charge < -0.3 is 14.8 Å². The van der Waals surface area contributed by atoms with Crippen molar-refractivity contribution in [1.82, 2.24) is 5.32 Å². The Morgan fingerprint density at radius 2 is 1.75 bits per heavy atom. The second-order valence-corrected chi connectivity index (χ2v) is 6.69. The zero-order chi connectivity index (χ0) is 19.8. The van der Waals surface area contributed by atoms with Gasteiger partial charge in [0.15, 0.2) is 17.3 Å². The van der Waals surface area contributed by atoms with Gasteiger partial charge in [-0.25, -0.2) is 4.39 Å². The Hall–Kier alpha value is -2.89. The predicted molar refractivity (Wildman–Crippen MR) is 103 cm³/mol. The molecule has 5 nitrogen and oxygen atoms in total. The summed E-state index contributed by atoms with van der Waals surface area (Å²) in [4.78, 5) is 23.8. The highest BCUT2D eigenvalue weighted by Crippen LogP contribution is 2.31. The summed E-state index contributed by atoms with van der Waals surface area (Å²) in [5.74, 6) is 0.478. The van der Waals surface area contributed by atoms with E-state index in [2.05, 4.69) is 5.32 Å². The van der Waals surface area contributed by atoms with Crippen LogP contribution in [0.15, 0.2) is 42.5 Å². The number of rotatable bonds is 9. The highest BCUT2D eigenvalue weighted by Gasteiger charge is 2.13. The summed E-state index contributed by atoms with van der Waals surface area (Å²) in [7, 11) is 0. The molecule has 0 spiro atoms. The van der Waals surface area contributed by atoms with Crippen LogP contribution in [-0.4, -0.2) is 31.4 Å². The van der Waals surface area contributed by atoms with Gasteiger partial charge >= 0.3 is 0 Å². The van der Waals surface area contributed by atoms with Crippen molar-refractivity contribution in [2.75, 3.05) is 19.8 Å². The van der Waals surface area contributed by atoms with Crippen molar-refractivity contribution in [3.05, 3.63) is 59.4 Å². The van der Waals surface area contributed by atoms with E-state index in [4.69, 9.17) is 9.47 Å². The summed E-state index contributed by atoms with van der Waals surface area (Å²) in [6.45, 7) is 1.71. The van der Waals surface area contributed by atoms with Crippen LogP contribution in [0.1, 0.15) is 41.6 Å². The van der Waals surface area contributed by atoms with Crippen LogP contribution in [0.4, 0.5) is 4.39 Å². The van der Waals surface area contributed by atoms with E-state index in [0.29, 0.717) is 19.8 Å². The van der Waals surface area contributed by atoms with E-state index in [1.54, 1.807) is 6.07 Å². The maximum atomic E-state index is 13.5. The smallest absolute Gasteiger partial charge is 0.220 e. The molecule has 0 radical (unpaired) electrons. The van der Waals surface area contributed by atoms with Gasteiger partial charge in [0.2, 0.25) is 5.91 Å². The van der Waals surface area contributed by atoms with E-state index < -0.39 is 5.82 Å². The summed E-state index contributed by atoms with van der Waals surface area (Å²) in [5.41, 5.74) is 1.21. The normalized spacial score (nSPS) is 12.5. The van der Waals surface area contributed by atoms with Crippen LogP contribution < -0.4 is 14.8 Å². The fourth-order valence-electron chi connectivity index (χ4n) is 3.06. The van der Waals surface area contributed by atoms with E-state index in [1.165, 1.54) is 23.8 Å². The molecule has 0 aromatic heterocycles. The molecule has 1 aliphatic heterocycles. The van der Waals surface area contributed by atoms with Crippen LogP contribution in [0.25, 0.3) is 0 Å². The van der Waals surface area contributed by atoms with E-state index in [1.807, 2.05) is 18.2 Å². The Balaban J connectivity index is 1.31. The molecule has 6 heteroatoms. The molecule has 2 aromatic carbocycles. The number of carbonyl (C=O) groups excluding carboxylic acids is 2. The van der Waals surface area contributed by atoms with Crippen LogP contribution in [0.2, 0.25) is 0 Å². The second-order valence-electron chi connectivity index (χ2n) is 6.69. The minimum atomic E-state index is -0.549. The van der Waals surface area contributed by atoms with Crippen molar-refractivity contribution in [3.8, 4) is 11.5 Å². The molecule has 0 unspecified atom stereocenters. The van der Waals surface area contributed by atoms with Gasteiger partial charge in [0.1, 0.15) is 19.0 Å². The van der Waals surface area contributed by atoms with E-state index in [-0.39, 0.29) is 30.1 Å². The minimum Gasteiger partial charge on any atom is -0.486 e. The zero-order valence-electron chi connectivity index (χ0n) is 15.7. The first-order valence-electron chi connectivity index (χ1n) is 9.56. The van der Waals surface area contributed by atoms with Gasteiger partial charge in [-0.3, -0.25) is 9.59 Å². The Morgan fingerprint density at radius 1 is 0.964 bits per heavy atom. The number of Topliss-reactive ketones (excluding diaryl/α,β-unsaturated/α-hetero) is 1. The van der Waals surface area contributed by atoms with Crippen molar-refractivity contribution in [1.29, 1.82) is 0 Å². The van der Waals surface area contributed by atoms with Crippen molar-refractivity contribution in [2.45, 2.75) is 32.1 Å². The molecule has 2 aromatic rings. The first-order valence-corrected chi connectivity index (χ1v) is 9.56. The fraction of sp³-hybridized carbons (Fsp3) is 0.364. The third-order valence-corrected chi connectivity index (χ3v) is 4.57. The van der Waals surface area contributed by atoms with Crippen molar-refractivity contribution < 1.29 is 23.5 Å². The lowest BCUT2D eigenvalue weighted by Crippen LogP contribution is -2.25. The summed E-state index contributed by atoms with van der Waals surface area (Å²) < 4.78 is 24.6. The Bertz CT molecular complexity index is 837. The number of ether oxygens (including phenoxy) is 2. The highest BCUT2D eigenvalue weighted by atomic mass is 19.1. The molecule has 0 saturated heterocycles. The Labute approximate surface area is 163 Å². The highest BCUT2D eigenvalue weighted by molar-refractivity contribution is 5.98. The first-order chi connectivity index (χ1) is 13.6. The quantitative estimate of drug-likeness (QED) is 0.528. The topological polar surface area (TPSA) is 64.6 Å². The molecule has 28 heavy (non-hydrogen) atoms. The molecule has 1 amide bonds. The molecule has 0 aliphatic carbocycles. The lowest BCUT2D eigenvalue weighted by molar-refractivity contribution is -0.121. The predicted octanol–water partition coefficient (Wildman–Crippen LogP) is 3.70. The molecule has 0 bridgehead atoms. The summed E-state index contributed by atoms with van der Waals surface area (Å²) in [6.07, 6.45) is 2.72. The van der Waals surface area contributed by atoms with Gasteiger partial charge in [-0.15, -0.1) is 0 Å². The average molecular weight is 385 g/mol. The molecular formula is C22H24FNO4. The third kappa shape index (κ3) is 5.55. The molecule has 0 fully saturated rings. The lowest BCUT2D eigenvalue weighted by atomic mass is 10.1. The summed E-state index contributed by atoms with van der Waals surface area (Å²) in [6, 6.07) is 11.8. The van der Waals surface area contributed by atoms with Gasteiger partial charge in [-0.2, -0.15) is 0 Å². The lowest BCUT2D eigenvalue weighted by Gasteiger charge is -2.18. The monoisotopic (exact) mass is 385 g/mol. The van der Waals surface area contributed by atoms with Crippen molar-refractivity contribution in [3.63, 3.8) is 0 Å². The van der Waals surface area contributed by atoms with Gasteiger partial charge in [0.25, 0.3) is 0 Å². The van der Waals surface area contributed by atoms with E-state index in [0.717, 1.165) is 30.8 Å². The van der Waals surface area contributed by atoms with Crippen molar-refractivity contribution >= 4 is 11.7 Å². The van der Waals surface area contributed by atoms with Crippen LogP contribution >= 0.6 is 0 Å². The van der Waals surface area contributed by atoms with Crippen LogP contribution in [-0.2, 0) is 11.2 Å². The molecule has 148 valence electrons. The van der Waals surface area contributed by atoms with Crippen LogP contribution in [0.5, 0.6) is 11.5 Å². The Morgan fingerprint density at radius 3 is 2.57 bits per heavy atom. The molecule has 1 heterocycles. The zero-order valence-corrected chi connectivity index (χ0v) is 15.7. The van der Waals surface area contributed by atoms with Gasteiger partial charge in [0.05, 0.1) is 5.56 Å². The maximum absolute atomic E-state index is 13.5. The fourth-order valence-corrected chi connectivity index (χ4v) is 3.06. The van der Waals surface area contributed by atoms with E-state index >= 15 is 0 Å². The van der Waals surface area contributed by atoms with Crippen molar-refractivity contribution in [2.24, 2.45) is 0 Å².